The zero-order valence-corrected chi connectivity index (χ0v) is 10.7. The molecule has 0 aromatic heterocycles. The summed E-state index contributed by atoms with van der Waals surface area (Å²) in [6, 6.07) is 5.26. The van der Waals surface area contributed by atoms with Gasteiger partial charge in [-0.15, -0.1) is 0 Å². The highest BCUT2D eigenvalue weighted by Crippen LogP contribution is 2.05. The molecule has 0 fully saturated rings. The molecule has 20 heavy (non-hydrogen) atoms. The van der Waals surface area contributed by atoms with Crippen molar-refractivity contribution in [3.05, 3.63) is 35.4 Å². The Labute approximate surface area is 115 Å². The van der Waals surface area contributed by atoms with Crippen LogP contribution in [0.1, 0.15) is 28.8 Å². The summed E-state index contributed by atoms with van der Waals surface area (Å²) in [5.41, 5.74) is 6.30. The molecule has 0 saturated heterocycles. The lowest BCUT2D eigenvalue weighted by atomic mass is 10.1. The SMILES string of the molecule is NC(CCC(=O)O)C(=O)NCc1cccc(C(=O)O)c1. The molecule has 1 atom stereocenters. The van der Waals surface area contributed by atoms with Crippen molar-refractivity contribution in [3.63, 3.8) is 0 Å². The van der Waals surface area contributed by atoms with E-state index in [1.165, 1.54) is 12.1 Å². The minimum Gasteiger partial charge on any atom is -0.481 e. The van der Waals surface area contributed by atoms with Gasteiger partial charge in [0.2, 0.25) is 5.91 Å². The lowest BCUT2D eigenvalue weighted by Gasteiger charge is -2.11. The minimum atomic E-state index is -1.05. The molecule has 0 spiro atoms. The molecular weight excluding hydrogens is 264 g/mol. The van der Waals surface area contributed by atoms with Gasteiger partial charge >= 0.3 is 11.9 Å². The predicted molar refractivity (Wildman–Crippen MR) is 70.1 cm³/mol. The third-order valence-electron chi connectivity index (χ3n) is 2.65. The van der Waals surface area contributed by atoms with Crippen molar-refractivity contribution in [2.45, 2.75) is 25.4 Å². The molecule has 0 aliphatic rings. The maximum atomic E-state index is 11.6. The van der Waals surface area contributed by atoms with Crippen molar-refractivity contribution < 1.29 is 24.6 Å². The first-order chi connectivity index (χ1) is 9.40. The number of nitrogens with two attached hydrogens (primary N) is 1. The maximum Gasteiger partial charge on any atom is 0.335 e. The number of carboxylic acid groups (broad SMARTS) is 2. The highest BCUT2D eigenvalue weighted by Gasteiger charge is 2.14. The first-order valence-electron chi connectivity index (χ1n) is 5.97. The number of amides is 1. The summed E-state index contributed by atoms with van der Waals surface area (Å²) in [5, 5.41) is 19.9. The van der Waals surface area contributed by atoms with Crippen LogP contribution in [0.4, 0.5) is 0 Å². The Balaban J connectivity index is 2.50. The molecule has 108 valence electrons. The molecule has 1 amide bonds. The van der Waals surface area contributed by atoms with E-state index < -0.39 is 23.9 Å². The average Bonchev–Trinajstić information content (AvgIpc) is 2.42. The van der Waals surface area contributed by atoms with Gasteiger partial charge in [-0.2, -0.15) is 0 Å². The Kier molecular flexibility index (Phi) is 5.67. The van der Waals surface area contributed by atoms with E-state index in [0.29, 0.717) is 5.56 Å². The Morgan fingerprint density at radius 1 is 1.25 bits per heavy atom. The van der Waals surface area contributed by atoms with E-state index in [1.807, 2.05) is 0 Å². The Morgan fingerprint density at radius 2 is 1.95 bits per heavy atom. The van der Waals surface area contributed by atoms with Gasteiger partial charge in [-0.25, -0.2) is 4.79 Å². The van der Waals surface area contributed by atoms with Gasteiger partial charge in [-0.05, 0) is 24.1 Å². The van der Waals surface area contributed by atoms with Crippen molar-refractivity contribution in [3.8, 4) is 0 Å². The van der Waals surface area contributed by atoms with Gasteiger partial charge in [0.1, 0.15) is 0 Å². The fraction of sp³-hybridized carbons (Fsp3) is 0.308. The van der Waals surface area contributed by atoms with Crippen molar-refractivity contribution in [2.75, 3.05) is 0 Å². The predicted octanol–water partition coefficient (Wildman–Crippen LogP) is 0.193. The maximum absolute atomic E-state index is 11.6. The monoisotopic (exact) mass is 280 g/mol. The molecule has 5 N–H and O–H groups in total. The van der Waals surface area contributed by atoms with Gasteiger partial charge in [-0.1, -0.05) is 12.1 Å². The van der Waals surface area contributed by atoms with Crippen molar-refractivity contribution in [1.82, 2.24) is 5.32 Å². The van der Waals surface area contributed by atoms with Crippen LogP contribution in [0, 0.1) is 0 Å². The average molecular weight is 280 g/mol. The quantitative estimate of drug-likeness (QED) is 0.564. The lowest BCUT2D eigenvalue weighted by molar-refractivity contribution is -0.137. The number of hydrogen-bond donors (Lipinski definition) is 4. The molecule has 0 saturated carbocycles. The van der Waals surface area contributed by atoms with Gasteiger partial charge in [0.25, 0.3) is 0 Å². The summed E-state index contributed by atoms with van der Waals surface area (Å²) in [7, 11) is 0. The standard InChI is InChI=1S/C13H16N2O5/c14-10(4-5-11(16)17)12(18)15-7-8-2-1-3-9(6-8)13(19)20/h1-3,6,10H,4-5,7,14H2,(H,15,18)(H,16,17)(H,19,20). The molecule has 0 heterocycles. The molecule has 0 aliphatic carbocycles. The summed E-state index contributed by atoms with van der Waals surface area (Å²) >= 11 is 0. The van der Waals surface area contributed by atoms with E-state index in [2.05, 4.69) is 5.32 Å². The highest BCUT2D eigenvalue weighted by molar-refractivity contribution is 5.87. The Bertz CT molecular complexity index is 515. The molecule has 1 aromatic carbocycles. The zero-order valence-electron chi connectivity index (χ0n) is 10.7. The van der Waals surface area contributed by atoms with E-state index in [1.54, 1.807) is 12.1 Å². The number of carboxylic acids is 2. The number of aromatic carboxylic acids is 1. The molecule has 0 bridgehead atoms. The third-order valence-corrected chi connectivity index (χ3v) is 2.65. The van der Waals surface area contributed by atoms with E-state index in [0.717, 1.165) is 0 Å². The number of nitrogens with one attached hydrogen (secondary N) is 1. The molecule has 0 radical (unpaired) electrons. The molecule has 1 unspecified atom stereocenters. The van der Waals surface area contributed by atoms with E-state index in [-0.39, 0.29) is 24.9 Å². The Morgan fingerprint density at radius 3 is 2.55 bits per heavy atom. The van der Waals surface area contributed by atoms with Crippen LogP contribution in [0.2, 0.25) is 0 Å². The molecule has 7 nitrogen and oxygen atoms in total. The van der Waals surface area contributed by atoms with E-state index in [4.69, 9.17) is 15.9 Å². The van der Waals surface area contributed by atoms with Crippen LogP contribution in [0.15, 0.2) is 24.3 Å². The number of carbonyl (C=O) groups excluding carboxylic acids is 1. The van der Waals surface area contributed by atoms with Crippen LogP contribution in [-0.4, -0.2) is 34.1 Å². The molecule has 1 aromatic rings. The largest absolute Gasteiger partial charge is 0.481 e. The van der Waals surface area contributed by atoms with Gasteiger partial charge in [0, 0.05) is 13.0 Å². The third kappa shape index (κ3) is 5.07. The zero-order chi connectivity index (χ0) is 15.1. The number of aliphatic carboxylic acids is 1. The van der Waals surface area contributed by atoms with Gasteiger partial charge < -0.3 is 21.3 Å². The summed E-state index contributed by atoms with van der Waals surface area (Å²) < 4.78 is 0. The van der Waals surface area contributed by atoms with Crippen LogP contribution in [0.5, 0.6) is 0 Å². The fourth-order valence-electron chi connectivity index (χ4n) is 1.54. The highest BCUT2D eigenvalue weighted by atomic mass is 16.4. The van der Waals surface area contributed by atoms with Crippen molar-refractivity contribution in [2.24, 2.45) is 5.73 Å². The summed E-state index contributed by atoms with van der Waals surface area (Å²) in [4.78, 5) is 32.8. The number of carbonyl (C=O) groups is 3. The van der Waals surface area contributed by atoms with E-state index in [9.17, 15) is 14.4 Å². The second-order valence-corrected chi connectivity index (χ2v) is 4.26. The topological polar surface area (TPSA) is 130 Å². The second kappa shape index (κ2) is 7.25. The second-order valence-electron chi connectivity index (χ2n) is 4.26. The number of rotatable bonds is 7. The summed E-state index contributed by atoms with van der Waals surface area (Å²) in [5.74, 6) is -2.52. The van der Waals surface area contributed by atoms with E-state index >= 15 is 0 Å². The Hall–Kier alpha value is -2.41. The minimum absolute atomic E-state index is 0.0519. The van der Waals surface area contributed by atoms with Crippen LogP contribution in [-0.2, 0) is 16.1 Å². The van der Waals surface area contributed by atoms with Crippen LogP contribution < -0.4 is 11.1 Å². The summed E-state index contributed by atoms with van der Waals surface area (Å²) in [6.07, 6.45) is -0.126. The molecule has 1 rings (SSSR count). The normalized spacial score (nSPS) is 11.7. The fourth-order valence-corrected chi connectivity index (χ4v) is 1.54. The molecular formula is C13H16N2O5. The number of hydrogen-bond acceptors (Lipinski definition) is 4. The van der Waals surface area contributed by atoms with Crippen LogP contribution >= 0.6 is 0 Å². The van der Waals surface area contributed by atoms with Crippen LogP contribution in [0.25, 0.3) is 0 Å². The first-order valence-corrected chi connectivity index (χ1v) is 5.97. The first kappa shape index (κ1) is 15.6. The molecule has 7 heteroatoms. The van der Waals surface area contributed by atoms with Gasteiger partial charge in [-0.3, -0.25) is 9.59 Å². The van der Waals surface area contributed by atoms with Gasteiger partial charge in [0.15, 0.2) is 0 Å². The van der Waals surface area contributed by atoms with Gasteiger partial charge in [0.05, 0.1) is 11.6 Å². The smallest absolute Gasteiger partial charge is 0.335 e. The summed E-state index contributed by atoms with van der Waals surface area (Å²) in [6.45, 7) is 0.140. The number of benzene rings is 1. The van der Waals surface area contributed by atoms with Crippen molar-refractivity contribution in [1.29, 1.82) is 0 Å². The van der Waals surface area contributed by atoms with Crippen molar-refractivity contribution >= 4 is 17.8 Å². The lowest BCUT2D eigenvalue weighted by Crippen LogP contribution is -2.40. The van der Waals surface area contributed by atoms with Crippen LogP contribution in [0.3, 0.4) is 0 Å². The molecule has 0 aliphatic heterocycles.